The van der Waals surface area contributed by atoms with Crippen LogP contribution in [0.4, 0.5) is 0 Å². The number of Topliss-reactive ketones (excluding diaryl/α,β-unsaturated/α-hetero) is 1. The lowest BCUT2D eigenvalue weighted by molar-refractivity contribution is -0.145. The van der Waals surface area contributed by atoms with Gasteiger partial charge in [0.1, 0.15) is 5.78 Å². The van der Waals surface area contributed by atoms with Crippen LogP contribution in [0.2, 0.25) is 0 Å². The molecular weight excluding hydrogens is 212 g/mol. The minimum atomic E-state index is -0.565. The Hall–Kier alpha value is -0.370. The number of ketones is 1. The zero-order valence-corrected chi connectivity index (χ0v) is 11.4. The third-order valence-electron chi connectivity index (χ3n) is 6.05. The highest BCUT2D eigenvalue weighted by atomic mass is 16.3. The van der Waals surface area contributed by atoms with Crippen molar-refractivity contribution in [2.45, 2.75) is 59.0 Å². The van der Waals surface area contributed by atoms with Crippen LogP contribution >= 0.6 is 0 Å². The van der Waals surface area contributed by atoms with Crippen LogP contribution in [0.3, 0.4) is 0 Å². The van der Waals surface area contributed by atoms with Gasteiger partial charge in [-0.1, -0.05) is 27.2 Å². The van der Waals surface area contributed by atoms with Gasteiger partial charge in [-0.2, -0.15) is 0 Å². The lowest BCUT2D eigenvalue weighted by Gasteiger charge is -2.52. The molecule has 3 aliphatic rings. The van der Waals surface area contributed by atoms with Gasteiger partial charge in [-0.05, 0) is 42.4 Å². The van der Waals surface area contributed by atoms with Crippen molar-refractivity contribution in [3.05, 3.63) is 0 Å². The minimum Gasteiger partial charge on any atom is -0.390 e. The first-order valence-corrected chi connectivity index (χ1v) is 6.95. The SMILES string of the molecule is CC1(C)[C@@H]2[C@H]1C(=O)C[C@]1(C)CCC[C@](C)(O)[C@@H]21. The Labute approximate surface area is 104 Å². The molecule has 96 valence electrons. The maximum absolute atomic E-state index is 12.2. The van der Waals surface area contributed by atoms with Crippen molar-refractivity contribution in [3.63, 3.8) is 0 Å². The van der Waals surface area contributed by atoms with Crippen molar-refractivity contribution in [1.29, 1.82) is 0 Å². The second-order valence-electron chi connectivity index (χ2n) is 7.81. The Morgan fingerprint density at radius 3 is 2.47 bits per heavy atom. The predicted molar refractivity (Wildman–Crippen MR) is 66.5 cm³/mol. The second-order valence-corrected chi connectivity index (χ2v) is 7.81. The molecule has 0 saturated heterocycles. The first-order chi connectivity index (χ1) is 7.70. The number of fused-ring (bicyclic) bond motifs is 3. The fourth-order valence-electron chi connectivity index (χ4n) is 5.35. The number of hydrogen-bond acceptors (Lipinski definition) is 2. The van der Waals surface area contributed by atoms with E-state index in [-0.39, 0.29) is 16.7 Å². The molecule has 3 rings (SSSR count). The normalized spacial score (nSPS) is 56.1. The zero-order chi connectivity index (χ0) is 12.6. The minimum absolute atomic E-state index is 0.0494. The van der Waals surface area contributed by atoms with E-state index in [0.29, 0.717) is 24.0 Å². The molecule has 3 aliphatic carbocycles. The lowest BCUT2D eigenvalue weighted by Crippen LogP contribution is -2.52. The zero-order valence-electron chi connectivity index (χ0n) is 11.4. The first kappa shape index (κ1) is 11.7. The van der Waals surface area contributed by atoms with Crippen LogP contribution < -0.4 is 0 Å². The third kappa shape index (κ3) is 1.34. The van der Waals surface area contributed by atoms with Crippen LogP contribution in [0.1, 0.15) is 53.4 Å². The van der Waals surface area contributed by atoms with Crippen molar-refractivity contribution in [1.82, 2.24) is 0 Å². The molecule has 0 amide bonds. The fourth-order valence-corrected chi connectivity index (χ4v) is 5.35. The molecular formula is C15H24O2. The Morgan fingerprint density at radius 2 is 1.82 bits per heavy atom. The second kappa shape index (κ2) is 2.96. The summed E-state index contributed by atoms with van der Waals surface area (Å²) >= 11 is 0. The highest BCUT2D eigenvalue weighted by molar-refractivity contribution is 5.87. The molecule has 0 aliphatic heterocycles. The van der Waals surface area contributed by atoms with E-state index in [1.54, 1.807) is 0 Å². The van der Waals surface area contributed by atoms with Gasteiger partial charge in [-0.25, -0.2) is 0 Å². The van der Waals surface area contributed by atoms with Crippen molar-refractivity contribution in [2.24, 2.45) is 28.6 Å². The van der Waals surface area contributed by atoms with Crippen LogP contribution in [0.25, 0.3) is 0 Å². The third-order valence-corrected chi connectivity index (χ3v) is 6.05. The summed E-state index contributed by atoms with van der Waals surface area (Å²) in [5, 5.41) is 10.7. The molecule has 0 aromatic heterocycles. The maximum Gasteiger partial charge on any atom is 0.137 e. The summed E-state index contributed by atoms with van der Waals surface area (Å²) in [6, 6.07) is 0. The van der Waals surface area contributed by atoms with Gasteiger partial charge in [0, 0.05) is 12.3 Å². The number of carbonyl (C=O) groups is 1. The van der Waals surface area contributed by atoms with Gasteiger partial charge in [0.2, 0.25) is 0 Å². The highest BCUT2D eigenvalue weighted by Crippen LogP contribution is 2.73. The molecule has 1 N–H and O–H groups in total. The smallest absolute Gasteiger partial charge is 0.137 e. The molecule has 0 radical (unpaired) electrons. The van der Waals surface area contributed by atoms with Crippen molar-refractivity contribution in [3.8, 4) is 0 Å². The van der Waals surface area contributed by atoms with Crippen LogP contribution in [-0.4, -0.2) is 16.5 Å². The predicted octanol–water partition coefficient (Wildman–Crippen LogP) is 2.79. The maximum atomic E-state index is 12.2. The van der Waals surface area contributed by atoms with E-state index >= 15 is 0 Å². The molecule has 0 aromatic rings. The van der Waals surface area contributed by atoms with Crippen LogP contribution in [0.15, 0.2) is 0 Å². The largest absolute Gasteiger partial charge is 0.390 e. The molecule has 2 heteroatoms. The Kier molecular flexibility index (Phi) is 2.04. The number of carbonyl (C=O) groups excluding carboxylic acids is 1. The highest BCUT2D eigenvalue weighted by Gasteiger charge is 2.73. The molecule has 0 spiro atoms. The monoisotopic (exact) mass is 236 g/mol. The summed E-state index contributed by atoms with van der Waals surface area (Å²) in [5.41, 5.74) is -0.390. The van der Waals surface area contributed by atoms with Crippen molar-refractivity contribution < 1.29 is 9.90 Å². The van der Waals surface area contributed by atoms with Gasteiger partial charge in [0.05, 0.1) is 5.60 Å². The van der Waals surface area contributed by atoms with Gasteiger partial charge in [0.15, 0.2) is 0 Å². The Morgan fingerprint density at radius 1 is 1.18 bits per heavy atom. The van der Waals surface area contributed by atoms with Crippen LogP contribution in [0, 0.1) is 28.6 Å². The molecule has 0 heterocycles. The summed E-state index contributed by atoms with van der Waals surface area (Å²) in [6.07, 6.45) is 3.77. The average molecular weight is 236 g/mol. The van der Waals surface area contributed by atoms with Gasteiger partial charge in [-0.3, -0.25) is 4.79 Å². The molecule has 3 saturated carbocycles. The fraction of sp³-hybridized carbons (Fsp3) is 0.933. The topological polar surface area (TPSA) is 37.3 Å². The van der Waals surface area contributed by atoms with Gasteiger partial charge < -0.3 is 5.11 Å². The number of rotatable bonds is 0. The quantitative estimate of drug-likeness (QED) is 0.702. The summed E-state index contributed by atoms with van der Waals surface area (Å²) in [5.74, 6) is 1.42. The van der Waals surface area contributed by atoms with E-state index < -0.39 is 5.60 Å². The first-order valence-electron chi connectivity index (χ1n) is 6.95. The van der Waals surface area contributed by atoms with Gasteiger partial charge in [0.25, 0.3) is 0 Å². The van der Waals surface area contributed by atoms with E-state index in [9.17, 15) is 9.90 Å². The molecule has 0 bridgehead atoms. The van der Waals surface area contributed by atoms with Crippen molar-refractivity contribution in [2.75, 3.05) is 0 Å². The van der Waals surface area contributed by atoms with Crippen LogP contribution in [0.5, 0.6) is 0 Å². The van der Waals surface area contributed by atoms with E-state index in [2.05, 4.69) is 20.8 Å². The Balaban J connectivity index is 2.04. The summed E-state index contributed by atoms with van der Waals surface area (Å²) in [6.45, 7) is 8.64. The van der Waals surface area contributed by atoms with Gasteiger partial charge in [-0.15, -0.1) is 0 Å². The lowest BCUT2D eigenvalue weighted by atomic mass is 9.54. The molecule has 5 atom stereocenters. The molecule has 0 aromatic carbocycles. The molecule has 17 heavy (non-hydrogen) atoms. The molecule has 0 unspecified atom stereocenters. The Bertz CT molecular complexity index is 382. The summed E-state index contributed by atoms with van der Waals surface area (Å²) < 4.78 is 0. The van der Waals surface area contributed by atoms with E-state index in [4.69, 9.17) is 0 Å². The molecule has 3 fully saturated rings. The standard InChI is InChI=1S/C15H24O2/c1-13(2)10-9(16)8-14(3)6-5-7-15(4,17)12(14)11(10)13/h10-12,17H,5-8H2,1-4H3/t10-,11-,12+,14+,15+/m1/s1. The van der Waals surface area contributed by atoms with E-state index in [1.165, 1.54) is 0 Å². The average Bonchev–Trinajstić information content (AvgIpc) is 2.66. The van der Waals surface area contributed by atoms with E-state index in [0.717, 1.165) is 19.3 Å². The number of aliphatic hydroxyl groups is 1. The van der Waals surface area contributed by atoms with Crippen molar-refractivity contribution >= 4 is 5.78 Å². The summed E-state index contributed by atoms with van der Waals surface area (Å²) in [4.78, 5) is 12.2. The molecule has 2 nitrogen and oxygen atoms in total. The summed E-state index contributed by atoms with van der Waals surface area (Å²) in [7, 11) is 0. The number of hydrogen-bond donors (Lipinski definition) is 1. The van der Waals surface area contributed by atoms with E-state index in [1.807, 2.05) is 6.92 Å². The van der Waals surface area contributed by atoms with Crippen LogP contribution in [-0.2, 0) is 4.79 Å². The van der Waals surface area contributed by atoms with Gasteiger partial charge >= 0.3 is 0 Å².